The van der Waals surface area contributed by atoms with Crippen LogP contribution in [0.5, 0.6) is 0 Å². The highest BCUT2D eigenvalue weighted by Gasteiger charge is 2.26. The number of carbonyl (C=O) groups is 2. The zero-order valence-electron chi connectivity index (χ0n) is 8.06. The zero-order chi connectivity index (χ0) is 10.8. The number of carbonyl (C=O) groups excluding carboxylic acids is 1. The van der Waals surface area contributed by atoms with Gasteiger partial charge in [0.2, 0.25) is 5.91 Å². The number of nitrogens with one attached hydrogen (secondary N) is 1. The van der Waals surface area contributed by atoms with Crippen molar-refractivity contribution in [3.8, 4) is 0 Å². The summed E-state index contributed by atoms with van der Waals surface area (Å²) in [5.41, 5.74) is 1.62. The van der Waals surface area contributed by atoms with Gasteiger partial charge in [0.25, 0.3) is 0 Å². The van der Waals surface area contributed by atoms with E-state index in [1.165, 1.54) is 0 Å². The van der Waals surface area contributed by atoms with Gasteiger partial charge in [-0.3, -0.25) is 4.79 Å². The first-order valence-corrected chi connectivity index (χ1v) is 4.78. The molecule has 78 valence electrons. The van der Waals surface area contributed by atoms with Crippen LogP contribution in [-0.2, 0) is 16.0 Å². The van der Waals surface area contributed by atoms with Crippen molar-refractivity contribution in [1.82, 2.24) is 5.32 Å². The molecule has 1 unspecified atom stereocenters. The molecule has 0 fully saturated rings. The van der Waals surface area contributed by atoms with Gasteiger partial charge in [-0.1, -0.05) is 24.3 Å². The van der Waals surface area contributed by atoms with Crippen LogP contribution in [0.1, 0.15) is 23.6 Å². The number of amides is 1. The van der Waals surface area contributed by atoms with E-state index in [4.69, 9.17) is 5.11 Å². The van der Waals surface area contributed by atoms with Crippen LogP contribution in [0.2, 0.25) is 0 Å². The van der Waals surface area contributed by atoms with E-state index >= 15 is 0 Å². The second kappa shape index (κ2) is 3.73. The maximum Gasteiger partial charge on any atom is 0.330 e. The molecule has 4 heteroatoms. The first-order chi connectivity index (χ1) is 7.18. The second-order valence-corrected chi connectivity index (χ2v) is 3.54. The Morgan fingerprint density at radius 1 is 1.33 bits per heavy atom. The van der Waals surface area contributed by atoms with Crippen molar-refractivity contribution in [3.63, 3.8) is 0 Å². The van der Waals surface area contributed by atoms with Gasteiger partial charge in [0.15, 0.2) is 6.04 Å². The molecular formula is C11H11NO3. The number of rotatable bonds is 1. The molecule has 1 heterocycles. The van der Waals surface area contributed by atoms with Crippen LogP contribution in [0.4, 0.5) is 0 Å². The Morgan fingerprint density at radius 2 is 2.07 bits per heavy atom. The molecule has 1 aromatic rings. The molecule has 0 saturated carbocycles. The van der Waals surface area contributed by atoms with E-state index in [0.29, 0.717) is 18.4 Å². The largest absolute Gasteiger partial charge is 0.479 e. The lowest BCUT2D eigenvalue weighted by Gasteiger charge is -2.13. The van der Waals surface area contributed by atoms with Crippen molar-refractivity contribution < 1.29 is 14.7 Å². The summed E-state index contributed by atoms with van der Waals surface area (Å²) >= 11 is 0. The minimum absolute atomic E-state index is 0.210. The lowest BCUT2D eigenvalue weighted by atomic mass is 9.99. The van der Waals surface area contributed by atoms with E-state index in [-0.39, 0.29) is 5.91 Å². The van der Waals surface area contributed by atoms with Crippen molar-refractivity contribution >= 4 is 11.9 Å². The van der Waals surface area contributed by atoms with E-state index in [2.05, 4.69) is 5.32 Å². The van der Waals surface area contributed by atoms with Gasteiger partial charge in [-0.05, 0) is 17.5 Å². The molecule has 2 rings (SSSR count). The SMILES string of the molecule is O=C1CCc2ccccc2C(C(=O)O)N1. The average molecular weight is 205 g/mol. The standard InChI is InChI=1S/C11H11NO3/c13-9-6-5-7-3-1-2-4-8(7)10(12-9)11(14)15/h1-4,10H,5-6H2,(H,12,13)(H,14,15). The molecule has 0 radical (unpaired) electrons. The fourth-order valence-corrected chi connectivity index (χ4v) is 1.80. The number of hydrogen-bond acceptors (Lipinski definition) is 2. The Labute approximate surface area is 86.9 Å². The molecule has 1 aromatic carbocycles. The molecule has 1 aliphatic heterocycles. The molecular weight excluding hydrogens is 194 g/mol. The van der Waals surface area contributed by atoms with Gasteiger partial charge in [0.05, 0.1) is 0 Å². The van der Waals surface area contributed by atoms with Crippen molar-refractivity contribution in [2.45, 2.75) is 18.9 Å². The summed E-state index contributed by atoms with van der Waals surface area (Å²) in [5, 5.41) is 11.5. The molecule has 0 aliphatic carbocycles. The summed E-state index contributed by atoms with van der Waals surface area (Å²) in [7, 11) is 0. The molecule has 2 N–H and O–H groups in total. The third-order valence-corrected chi connectivity index (χ3v) is 2.54. The van der Waals surface area contributed by atoms with Crippen LogP contribution < -0.4 is 5.32 Å². The Hall–Kier alpha value is -1.84. The molecule has 4 nitrogen and oxygen atoms in total. The van der Waals surface area contributed by atoms with Gasteiger partial charge in [-0.2, -0.15) is 0 Å². The van der Waals surface area contributed by atoms with Gasteiger partial charge < -0.3 is 10.4 Å². The molecule has 1 amide bonds. The van der Waals surface area contributed by atoms with E-state index in [1.54, 1.807) is 12.1 Å². The fraction of sp³-hybridized carbons (Fsp3) is 0.273. The van der Waals surface area contributed by atoms with Crippen LogP contribution in [0.3, 0.4) is 0 Å². The summed E-state index contributed by atoms with van der Waals surface area (Å²) < 4.78 is 0. The summed E-state index contributed by atoms with van der Waals surface area (Å²) in [5.74, 6) is -1.23. The number of fused-ring (bicyclic) bond motifs is 1. The first-order valence-electron chi connectivity index (χ1n) is 4.78. The third-order valence-electron chi connectivity index (χ3n) is 2.54. The van der Waals surface area contributed by atoms with Gasteiger partial charge in [-0.15, -0.1) is 0 Å². The van der Waals surface area contributed by atoms with Crippen LogP contribution >= 0.6 is 0 Å². The van der Waals surface area contributed by atoms with Crippen molar-refractivity contribution in [2.24, 2.45) is 0 Å². The van der Waals surface area contributed by atoms with Crippen LogP contribution in [0.25, 0.3) is 0 Å². The molecule has 1 atom stereocenters. The molecule has 0 saturated heterocycles. The number of carboxylic acid groups (broad SMARTS) is 1. The second-order valence-electron chi connectivity index (χ2n) is 3.54. The monoisotopic (exact) mass is 205 g/mol. The number of aryl methyl sites for hydroxylation is 1. The lowest BCUT2D eigenvalue weighted by molar-refractivity contribution is -0.141. The van der Waals surface area contributed by atoms with E-state index in [9.17, 15) is 9.59 Å². The van der Waals surface area contributed by atoms with Gasteiger partial charge in [0.1, 0.15) is 0 Å². The Morgan fingerprint density at radius 3 is 2.80 bits per heavy atom. The maximum atomic E-state index is 11.3. The highest BCUT2D eigenvalue weighted by atomic mass is 16.4. The predicted octanol–water partition coefficient (Wildman–Crippen LogP) is 0.875. The van der Waals surface area contributed by atoms with Crippen molar-refractivity contribution in [3.05, 3.63) is 35.4 Å². The van der Waals surface area contributed by atoms with Gasteiger partial charge in [0, 0.05) is 6.42 Å². The highest BCUT2D eigenvalue weighted by molar-refractivity contribution is 5.86. The first kappa shape index (κ1) is 9.71. The molecule has 0 bridgehead atoms. The van der Waals surface area contributed by atoms with Gasteiger partial charge >= 0.3 is 5.97 Å². The summed E-state index contributed by atoms with van der Waals surface area (Å²) in [6.45, 7) is 0. The molecule has 0 aromatic heterocycles. The molecule has 1 aliphatic rings. The third kappa shape index (κ3) is 1.83. The fourth-order valence-electron chi connectivity index (χ4n) is 1.80. The van der Waals surface area contributed by atoms with Gasteiger partial charge in [-0.25, -0.2) is 4.79 Å². The minimum Gasteiger partial charge on any atom is -0.479 e. The predicted molar refractivity (Wildman–Crippen MR) is 53.3 cm³/mol. The lowest BCUT2D eigenvalue weighted by Crippen LogP contribution is -2.32. The van der Waals surface area contributed by atoms with E-state index in [0.717, 1.165) is 5.56 Å². The number of benzene rings is 1. The average Bonchev–Trinajstić information content (AvgIpc) is 2.39. The Kier molecular flexibility index (Phi) is 2.41. The van der Waals surface area contributed by atoms with E-state index < -0.39 is 12.0 Å². The zero-order valence-corrected chi connectivity index (χ0v) is 8.06. The number of carboxylic acids is 1. The van der Waals surface area contributed by atoms with Crippen LogP contribution in [0, 0.1) is 0 Å². The minimum atomic E-state index is -1.02. The summed E-state index contributed by atoms with van der Waals surface area (Å²) in [4.78, 5) is 22.3. The quantitative estimate of drug-likeness (QED) is 0.715. The van der Waals surface area contributed by atoms with Crippen LogP contribution in [-0.4, -0.2) is 17.0 Å². The Bertz CT molecular complexity index is 414. The van der Waals surface area contributed by atoms with Crippen molar-refractivity contribution in [1.29, 1.82) is 0 Å². The van der Waals surface area contributed by atoms with Crippen LogP contribution in [0.15, 0.2) is 24.3 Å². The Balaban J connectivity index is 2.46. The molecule has 15 heavy (non-hydrogen) atoms. The summed E-state index contributed by atoms with van der Waals surface area (Å²) in [6, 6.07) is 6.35. The highest BCUT2D eigenvalue weighted by Crippen LogP contribution is 2.22. The smallest absolute Gasteiger partial charge is 0.330 e. The maximum absolute atomic E-state index is 11.3. The van der Waals surface area contributed by atoms with Crippen molar-refractivity contribution in [2.75, 3.05) is 0 Å². The number of aliphatic carboxylic acids is 1. The van der Waals surface area contributed by atoms with E-state index in [1.807, 2.05) is 12.1 Å². The molecule has 0 spiro atoms. The summed E-state index contributed by atoms with van der Waals surface area (Å²) in [6.07, 6.45) is 0.951. The topological polar surface area (TPSA) is 66.4 Å². The normalized spacial score (nSPS) is 20.0. The number of hydrogen-bond donors (Lipinski definition) is 2.